The Morgan fingerprint density at radius 2 is 1.59 bits per heavy atom. The quantitative estimate of drug-likeness (QED) is 0.688. The first-order chi connectivity index (χ1) is 15.3. The van der Waals surface area contributed by atoms with Crippen molar-refractivity contribution in [3.8, 4) is 0 Å². The Hall–Kier alpha value is -2.37. The summed E-state index contributed by atoms with van der Waals surface area (Å²) in [6, 6.07) is 8.39. The number of benzene rings is 1. The first kappa shape index (κ1) is 21.5. The van der Waals surface area contributed by atoms with Gasteiger partial charge in [0.05, 0.1) is 17.1 Å². The van der Waals surface area contributed by atoms with Gasteiger partial charge in [-0.2, -0.15) is 5.10 Å². The second-order valence-corrected chi connectivity index (χ2v) is 11.0. The third-order valence-corrected chi connectivity index (χ3v) is 7.18. The molecule has 0 saturated heterocycles. The lowest BCUT2D eigenvalue weighted by atomic mass is 9.82. The molecule has 0 bridgehead atoms. The Balaban J connectivity index is 1.38. The number of nitrogens with one attached hydrogen (secondary N) is 1. The molecule has 6 heteroatoms. The maximum absolute atomic E-state index is 13.4. The molecule has 0 radical (unpaired) electrons. The van der Waals surface area contributed by atoms with E-state index in [9.17, 15) is 9.59 Å². The molecule has 1 amide bonds. The molecule has 5 rings (SSSR count). The van der Waals surface area contributed by atoms with E-state index >= 15 is 0 Å². The van der Waals surface area contributed by atoms with Gasteiger partial charge in [0.15, 0.2) is 0 Å². The van der Waals surface area contributed by atoms with E-state index in [1.54, 1.807) is 0 Å². The van der Waals surface area contributed by atoms with E-state index in [0.29, 0.717) is 17.8 Å². The lowest BCUT2D eigenvalue weighted by molar-refractivity contribution is 0.0491. The molecule has 0 spiro atoms. The van der Waals surface area contributed by atoms with Gasteiger partial charge < -0.3 is 10.1 Å². The van der Waals surface area contributed by atoms with Crippen LogP contribution in [0.5, 0.6) is 0 Å². The second-order valence-electron chi connectivity index (χ2n) is 11.0. The van der Waals surface area contributed by atoms with E-state index in [1.165, 1.54) is 25.7 Å². The summed E-state index contributed by atoms with van der Waals surface area (Å²) in [6.45, 7) is 5.64. The zero-order valence-electron chi connectivity index (χ0n) is 19.5. The molecule has 3 aliphatic rings. The van der Waals surface area contributed by atoms with Crippen LogP contribution >= 0.6 is 0 Å². The third-order valence-electron chi connectivity index (χ3n) is 7.18. The van der Waals surface area contributed by atoms with Crippen molar-refractivity contribution in [3.05, 3.63) is 40.3 Å². The molecular weight excluding hydrogens is 402 g/mol. The van der Waals surface area contributed by atoms with Gasteiger partial charge in [0.1, 0.15) is 5.60 Å². The van der Waals surface area contributed by atoms with Crippen molar-refractivity contribution in [1.29, 1.82) is 0 Å². The fourth-order valence-corrected chi connectivity index (χ4v) is 5.38. The van der Waals surface area contributed by atoms with Crippen molar-refractivity contribution in [2.24, 2.45) is 11.8 Å². The van der Waals surface area contributed by atoms with Crippen molar-refractivity contribution in [1.82, 2.24) is 15.1 Å². The minimum Gasteiger partial charge on any atom is -0.444 e. The molecular formula is C26H35N3O3. The van der Waals surface area contributed by atoms with Crippen LogP contribution < -0.4 is 10.9 Å². The minimum absolute atomic E-state index is 0.0772. The number of nitrogens with zero attached hydrogens (tertiary/aromatic N) is 2. The summed E-state index contributed by atoms with van der Waals surface area (Å²) in [5, 5.41) is 9.91. The van der Waals surface area contributed by atoms with Gasteiger partial charge in [-0.25, -0.2) is 9.48 Å². The summed E-state index contributed by atoms with van der Waals surface area (Å²) in [6.07, 6.45) is 8.24. The molecule has 1 aromatic carbocycles. The monoisotopic (exact) mass is 437 g/mol. The molecule has 3 fully saturated rings. The largest absolute Gasteiger partial charge is 0.444 e. The lowest BCUT2D eigenvalue weighted by Gasteiger charge is -2.31. The molecule has 3 saturated carbocycles. The van der Waals surface area contributed by atoms with Crippen LogP contribution in [0.1, 0.15) is 89.8 Å². The van der Waals surface area contributed by atoms with E-state index in [2.05, 4.69) is 11.4 Å². The van der Waals surface area contributed by atoms with Crippen LogP contribution in [-0.2, 0) is 4.74 Å². The van der Waals surface area contributed by atoms with Gasteiger partial charge >= 0.3 is 6.09 Å². The van der Waals surface area contributed by atoms with E-state index in [0.717, 1.165) is 42.1 Å². The highest BCUT2D eigenvalue weighted by Gasteiger charge is 2.44. The fraction of sp³-hybridized carbons (Fsp3) is 0.654. The molecule has 1 aromatic heterocycles. The predicted octanol–water partition coefficient (Wildman–Crippen LogP) is 5.31. The van der Waals surface area contributed by atoms with Crippen LogP contribution in [-0.4, -0.2) is 27.5 Å². The first-order valence-electron chi connectivity index (χ1n) is 12.3. The van der Waals surface area contributed by atoms with Crippen molar-refractivity contribution in [2.75, 3.05) is 0 Å². The van der Waals surface area contributed by atoms with Gasteiger partial charge in [-0.3, -0.25) is 4.79 Å². The Kier molecular flexibility index (Phi) is 5.50. The molecule has 1 N–H and O–H groups in total. The van der Waals surface area contributed by atoms with Gasteiger partial charge in [0, 0.05) is 17.3 Å². The number of aromatic nitrogens is 2. The zero-order chi connectivity index (χ0) is 22.5. The number of hydrogen-bond acceptors (Lipinski definition) is 4. The predicted molar refractivity (Wildman–Crippen MR) is 125 cm³/mol. The van der Waals surface area contributed by atoms with Gasteiger partial charge in [-0.1, -0.05) is 18.2 Å². The number of amides is 1. The van der Waals surface area contributed by atoms with Crippen LogP contribution in [0.25, 0.3) is 10.8 Å². The summed E-state index contributed by atoms with van der Waals surface area (Å²) < 4.78 is 7.29. The van der Waals surface area contributed by atoms with Crippen LogP contribution in [0, 0.1) is 11.8 Å². The second kappa shape index (κ2) is 8.20. The van der Waals surface area contributed by atoms with Crippen LogP contribution in [0.2, 0.25) is 0 Å². The molecule has 172 valence electrons. The molecule has 6 nitrogen and oxygen atoms in total. The number of carbonyl (C=O) groups excluding carboxylic acids is 1. The average molecular weight is 438 g/mol. The van der Waals surface area contributed by atoms with Crippen LogP contribution in [0.4, 0.5) is 4.79 Å². The van der Waals surface area contributed by atoms with E-state index < -0.39 is 5.60 Å². The maximum atomic E-state index is 13.4. The Labute approximate surface area is 189 Å². The summed E-state index contributed by atoms with van der Waals surface area (Å²) in [7, 11) is 0. The van der Waals surface area contributed by atoms with E-state index in [-0.39, 0.29) is 23.7 Å². The fourth-order valence-electron chi connectivity index (χ4n) is 5.38. The minimum atomic E-state index is -0.489. The zero-order valence-corrected chi connectivity index (χ0v) is 19.5. The summed E-state index contributed by atoms with van der Waals surface area (Å²) in [4.78, 5) is 25.6. The molecule has 3 aliphatic carbocycles. The SMILES string of the molecule is CC(C)(C)OC(=O)N[C@H]1CC[C@H](c2nn(C(C3CC3)C3CC3)c(=O)c3ccccc32)CC1. The Morgan fingerprint density at radius 1 is 1.00 bits per heavy atom. The van der Waals surface area contributed by atoms with Gasteiger partial charge in [-0.15, -0.1) is 0 Å². The number of fused-ring (bicyclic) bond motifs is 1. The number of carbonyl (C=O) groups is 1. The highest BCUT2D eigenvalue weighted by atomic mass is 16.6. The molecule has 0 aliphatic heterocycles. The standard InChI is InChI=1S/C26H35N3O3/c1-26(2,3)32-25(31)27-19-14-12-16(13-15-19)22-20-6-4-5-7-21(20)24(30)29(28-22)23(17-8-9-17)18-10-11-18/h4-7,16-19,23H,8-15H2,1-3H3,(H,27,31)/t16-,19-. The molecule has 0 atom stereocenters. The topological polar surface area (TPSA) is 73.2 Å². The van der Waals surface area contributed by atoms with Gasteiger partial charge in [0.25, 0.3) is 5.56 Å². The average Bonchev–Trinajstić information content (AvgIpc) is 3.65. The maximum Gasteiger partial charge on any atom is 0.407 e. The number of alkyl carbamates (subject to hydrolysis) is 1. The summed E-state index contributed by atoms with van der Waals surface area (Å²) in [5.74, 6) is 1.55. The molecule has 0 unspecified atom stereocenters. The third kappa shape index (κ3) is 4.55. The number of rotatable bonds is 5. The normalized spacial score (nSPS) is 24.0. The van der Waals surface area contributed by atoms with Crippen LogP contribution in [0.3, 0.4) is 0 Å². The van der Waals surface area contributed by atoms with Gasteiger partial charge in [0.2, 0.25) is 0 Å². The van der Waals surface area contributed by atoms with E-state index in [1.807, 2.05) is 43.7 Å². The highest BCUT2D eigenvalue weighted by molar-refractivity contribution is 5.84. The smallest absolute Gasteiger partial charge is 0.407 e. The Bertz CT molecular complexity index is 1040. The number of ether oxygens (including phenoxy) is 1. The van der Waals surface area contributed by atoms with Crippen molar-refractivity contribution in [3.63, 3.8) is 0 Å². The first-order valence-corrected chi connectivity index (χ1v) is 12.3. The molecule has 32 heavy (non-hydrogen) atoms. The summed E-state index contributed by atoms with van der Waals surface area (Å²) in [5.41, 5.74) is 0.660. The highest BCUT2D eigenvalue weighted by Crippen LogP contribution is 2.51. The van der Waals surface area contributed by atoms with Crippen LogP contribution in [0.15, 0.2) is 29.1 Å². The van der Waals surface area contributed by atoms with Crippen molar-refractivity contribution < 1.29 is 9.53 Å². The van der Waals surface area contributed by atoms with Crippen molar-refractivity contribution in [2.45, 2.75) is 95.7 Å². The molecule has 1 heterocycles. The number of hydrogen-bond donors (Lipinski definition) is 1. The summed E-state index contributed by atoms with van der Waals surface area (Å²) >= 11 is 0. The lowest BCUT2D eigenvalue weighted by Crippen LogP contribution is -2.41. The molecule has 2 aromatic rings. The van der Waals surface area contributed by atoms with Gasteiger partial charge in [-0.05, 0) is 90.0 Å². The van der Waals surface area contributed by atoms with Crippen molar-refractivity contribution >= 4 is 16.9 Å². The Morgan fingerprint density at radius 3 is 2.16 bits per heavy atom. The van der Waals surface area contributed by atoms with E-state index in [4.69, 9.17) is 9.84 Å².